The number of carbonyl (C=O) groups excluding carboxylic acids is 1. The largest absolute Gasteiger partial charge is 0.494 e. The lowest BCUT2D eigenvalue weighted by Gasteiger charge is -2.34. The number of piperidine rings is 1. The number of amides is 1. The Hall–Kier alpha value is -1.33. The maximum atomic E-state index is 12.6. The van der Waals surface area contributed by atoms with Crippen LogP contribution in [0, 0.1) is 5.92 Å². The molecule has 1 aromatic carbocycles. The van der Waals surface area contributed by atoms with Crippen LogP contribution in [0.15, 0.2) is 24.3 Å². The zero-order valence-electron chi connectivity index (χ0n) is 17.9. The van der Waals surface area contributed by atoms with Gasteiger partial charge in [-0.05, 0) is 70.3 Å². The molecule has 2 saturated heterocycles. The van der Waals surface area contributed by atoms with E-state index in [1.54, 1.807) is 0 Å². The molecule has 0 spiro atoms. The molecule has 4 nitrogen and oxygen atoms in total. The van der Waals surface area contributed by atoms with Crippen LogP contribution in [0.3, 0.4) is 0 Å². The predicted molar refractivity (Wildman–Crippen MR) is 113 cm³/mol. The minimum atomic E-state index is -0.310. The Morgan fingerprint density at radius 2 is 1.46 bits per heavy atom. The quantitative estimate of drug-likeness (QED) is 0.744. The average molecular weight is 383 g/mol. The summed E-state index contributed by atoms with van der Waals surface area (Å²) in [7, 11) is -0.301. The zero-order valence-corrected chi connectivity index (χ0v) is 17.9. The topological polar surface area (TPSA) is 38.8 Å². The van der Waals surface area contributed by atoms with Gasteiger partial charge >= 0.3 is 7.12 Å². The zero-order chi connectivity index (χ0) is 19.9. The van der Waals surface area contributed by atoms with Crippen molar-refractivity contribution in [2.75, 3.05) is 13.1 Å². The Bertz CT molecular complexity index is 685. The molecule has 3 aliphatic rings. The summed E-state index contributed by atoms with van der Waals surface area (Å²) in [6, 6.07) is 8.74. The standard InChI is InChI=1S/C23H34BNO3/c1-22(2)23(3,4)28-24(27-22)20-11-9-17(10-12-20)18-13-15-25(16-14-18)21(26)19-7-5-6-8-19/h9-12,18-19H,5-8,13-16H2,1-4H3. The SMILES string of the molecule is CC1(C)OB(c2ccc(C3CCN(C(=O)C4CCCC4)CC3)cc2)OC1(C)C. The van der Waals surface area contributed by atoms with E-state index in [4.69, 9.17) is 9.31 Å². The number of hydrogen-bond acceptors (Lipinski definition) is 3. The van der Waals surface area contributed by atoms with Crippen molar-refractivity contribution in [3.8, 4) is 0 Å². The molecule has 28 heavy (non-hydrogen) atoms. The van der Waals surface area contributed by atoms with E-state index >= 15 is 0 Å². The Morgan fingerprint density at radius 3 is 2.00 bits per heavy atom. The molecule has 1 saturated carbocycles. The van der Waals surface area contributed by atoms with E-state index in [9.17, 15) is 4.79 Å². The van der Waals surface area contributed by atoms with Crippen LogP contribution < -0.4 is 5.46 Å². The molecule has 0 atom stereocenters. The maximum Gasteiger partial charge on any atom is 0.494 e. The van der Waals surface area contributed by atoms with Crippen molar-refractivity contribution in [3.63, 3.8) is 0 Å². The molecular weight excluding hydrogens is 349 g/mol. The lowest BCUT2D eigenvalue weighted by Crippen LogP contribution is -2.41. The van der Waals surface area contributed by atoms with E-state index in [0.717, 1.165) is 44.2 Å². The van der Waals surface area contributed by atoms with Gasteiger partial charge < -0.3 is 14.2 Å². The Balaban J connectivity index is 1.35. The molecule has 1 aliphatic carbocycles. The summed E-state index contributed by atoms with van der Waals surface area (Å²) in [5.74, 6) is 1.25. The van der Waals surface area contributed by atoms with Gasteiger partial charge in [0.15, 0.2) is 0 Å². The van der Waals surface area contributed by atoms with E-state index in [1.165, 1.54) is 18.4 Å². The minimum absolute atomic E-state index is 0.301. The van der Waals surface area contributed by atoms with Crippen LogP contribution in [0.1, 0.15) is 77.7 Å². The Labute approximate surface area is 170 Å². The number of hydrogen-bond donors (Lipinski definition) is 0. The van der Waals surface area contributed by atoms with Crippen molar-refractivity contribution >= 4 is 18.5 Å². The third-order valence-corrected chi connectivity index (χ3v) is 7.44. The highest BCUT2D eigenvalue weighted by Crippen LogP contribution is 2.37. The summed E-state index contributed by atoms with van der Waals surface area (Å²) in [6.45, 7) is 10.1. The number of nitrogens with zero attached hydrogens (tertiary/aromatic N) is 1. The van der Waals surface area contributed by atoms with Gasteiger partial charge in [-0.25, -0.2) is 0 Å². The van der Waals surface area contributed by atoms with Crippen LogP contribution in [-0.2, 0) is 14.1 Å². The number of carbonyl (C=O) groups is 1. The summed E-state index contributed by atoms with van der Waals surface area (Å²) in [6.07, 6.45) is 6.77. The maximum absolute atomic E-state index is 12.6. The second-order valence-corrected chi connectivity index (χ2v) is 9.84. The van der Waals surface area contributed by atoms with Gasteiger partial charge in [-0.1, -0.05) is 37.1 Å². The van der Waals surface area contributed by atoms with Gasteiger partial charge in [-0.15, -0.1) is 0 Å². The van der Waals surface area contributed by atoms with E-state index in [2.05, 4.69) is 56.9 Å². The van der Waals surface area contributed by atoms with Crippen LogP contribution in [-0.4, -0.2) is 42.2 Å². The monoisotopic (exact) mass is 383 g/mol. The fourth-order valence-electron chi connectivity index (χ4n) is 4.77. The molecule has 2 heterocycles. The molecular formula is C23H34BNO3. The Morgan fingerprint density at radius 1 is 0.929 bits per heavy atom. The summed E-state index contributed by atoms with van der Waals surface area (Å²) in [5.41, 5.74) is 1.83. The summed E-state index contributed by atoms with van der Waals surface area (Å²) < 4.78 is 12.3. The van der Waals surface area contributed by atoms with E-state index in [-0.39, 0.29) is 18.3 Å². The number of rotatable bonds is 3. The van der Waals surface area contributed by atoms with E-state index in [1.807, 2.05) is 0 Å². The second kappa shape index (κ2) is 7.49. The lowest BCUT2D eigenvalue weighted by molar-refractivity contribution is -0.136. The smallest absolute Gasteiger partial charge is 0.399 e. The normalized spacial score (nSPS) is 25.4. The van der Waals surface area contributed by atoms with Crippen molar-refractivity contribution in [1.29, 1.82) is 0 Å². The molecule has 1 amide bonds. The van der Waals surface area contributed by atoms with Crippen LogP contribution in [0.4, 0.5) is 0 Å². The highest BCUT2D eigenvalue weighted by atomic mass is 16.7. The van der Waals surface area contributed by atoms with Gasteiger partial charge in [0.05, 0.1) is 11.2 Å². The van der Waals surface area contributed by atoms with Gasteiger partial charge in [0.2, 0.25) is 5.91 Å². The van der Waals surface area contributed by atoms with Gasteiger partial charge in [-0.3, -0.25) is 4.79 Å². The highest BCUT2D eigenvalue weighted by molar-refractivity contribution is 6.62. The van der Waals surface area contributed by atoms with Crippen LogP contribution in [0.25, 0.3) is 0 Å². The molecule has 3 fully saturated rings. The van der Waals surface area contributed by atoms with Crippen molar-refractivity contribution in [2.24, 2.45) is 5.92 Å². The van der Waals surface area contributed by atoms with Crippen molar-refractivity contribution in [3.05, 3.63) is 29.8 Å². The first-order valence-electron chi connectivity index (χ1n) is 11.0. The second-order valence-electron chi connectivity index (χ2n) is 9.84. The third kappa shape index (κ3) is 3.76. The van der Waals surface area contributed by atoms with Crippen LogP contribution in [0.5, 0.6) is 0 Å². The molecule has 0 aromatic heterocycles. The van der Waals surface area contributed by atoms with Crippen LogP contribution >= 0.6 is 0 Å². The lowest BCUT2D eigenvalue weighted by atomic mass is 9.77. The summed E-state index contributed by atoms with van der Waals surface area (Å²) in [4.78, 5) is 14.8. The van der Waals surface area contributed by atoms with E-state index in [0.29, 0.717) is 17.7 Å². The summed E-state index contributed by atoms with van der Waals surface area (Å²) in [5, 5.41) is 0. The number of benzene rings is 1. The fraction of sp³-hybridized carbons (Fsp3) is 0.696. The Kier molecular flexibility index (Phi) is 5.34. The number of likely N-dealkylation sites (tertiary alicyclic amines) is 1. The first-order valence-corrected chi connectivity index (χ1v) is 11.0. The predicted octanol–water partition coefficient (Wildman–Crippen LogP) is 3.88. The first-order chi connectivity index (χ1) is 13.3. The molecule has 5 heteroatoms. The van der Waals surface area contributed by atoms with Gasteiger partial charge in [0.25, 0.3) is 0 Å². The fourth-order valence-corrected chi connectivity index (χ4v) is 4.77. The third-order valence-electron chi connectivity index (χ3n) is 7.44. The van der Waals surface area contributed by atoms with Crippen molar-refractivity contribution < 1.29 is 14.1 Å². The van der Waals surface area contributed by atoms with Gasteiger partial charge in [0.1, 0.15) is 0 Å². The van der Waals surface area contributed by atoms with E-state index < -0.39 is 0 Å². The van der Waals surface area contributed by atoms with Crippen LogP contribution in [0.2, 0.25) is 0 Å². The van der Waals surface area contributed by atoms with Gasteiger partial charge in [0, 0.05) is 19.0 Å². The highest BCUT2D eigenvalue weighted by Gasteiger charge is 2.51. The molecule has 1 aromatic rings. The molecule has 0 unspecified atom stereocenters. The van der Waals surface area contributed by atoms with Gasteiger partial charge in [-0.2, -0.15) is 0 Å². The molecule has 0 N–H and O–H groups in total. The minimum Gasteiger partial charge on any atom is -0.399 e. The molecule has 4 rings (SSSR count). The summed E-state index contributed by atoms with van der Waals surface area (Å²) >= 11 is 0. The molecule has 0 radical (unpaired) electrons. The molecule has 2 aliphatic heterocycles. The average Bonchev–Trinajstić information content (AvgIpc) is 3.28. The molecule has 152 valence electrons. The van der Waals surface area contributed by atoms with Crippen molar-refractivity contribution in [1.82, 2.24) is 4.90 Å². The first kappa shape index (κ1) is 20.0. The molecule has 0 bridgehead atoms. The van der Waals surface area contributed by atoms with Crippen molar-refractivity contribution in [2.45, 2.75) is 83.3 Å².